The van der Waals surface area contributed by atoms with Crippen LogP contribution < -0.4 is 0 Å². The van der Waals surface area contributed by atoms with Gasteiger partial charge in [0.05, 0.1) is 5.38 Å². The highest BCUT2D eigenvalue weighted by atomic mass is 35.5. The molecule has 0 heterocycles. The Bertz CT molecular complexity index is 537. The minimum atomic E-state index is -0.617. The molecule has 88 valence electrons. The molecule has 0 aliphatic rings. The topological polar surface area (TPSA) is 0 Å². The highest BCUT2D eigenvalue weighted by molar-refractivity contribution is 6.22. The molecule has 0 amide bonds. The molecule has 3 heteroatoms. The lowest BCUT2D eigenvalue weighted by atomic mass is 10.00. The van der Waals surface area contributed by atoms with E-state index in [9.17, 15) is 8.78 Å². The lowest BCUT2D eigenvalue weighted by molar-refractivity contribution is 0.573. The molecule has 1 atom stereocenters. The van der Waals surface area contributed by atoms with Crippen LogP contribution in [0.2, 0.25) is 0 Å². The number of hydrogen-bond acceptors (Lipinski definition) is 0. The Balaban J connectivity index is 2.44. The first-order valence-electron chi connectivity index (χ1n) is 5.24. The first kappa shape index (κ1) is 12.1. The van der Waals surface area contributed by atoms with Gasteiger partial charge in [-0.1, -0.05) is 30.3 Å². The van der Waals surface area contributed by atoms with Crippen LogP contribution in [0.15, 0.2) is 42.5 Å². The van der Waals surface area contributed by atoms with Gasteiger partial charge < -0.3 is 0 Å². The van der Waals surface area contributed by atoms with E-state index >= 15 is 0 Å². The van der Waals surface area contributed by atoms with Crippen LogP contribution >= 0.6 is 11.6 Å². The molecule has 2 rings (SSSR count). The van der Waals surface area contributed by atoms with Gasteiger partial charge in [0.2, 0.25) is 0 Å². The third kappa shape index (κ3) is 2.47. The zero-order valence-electron chi connectivity index (χ0n) is 9.25. The number of benzene rings is 2. The Labute approximate surface area is 104 Å². The van der Waals surface area contributed by atoms with Gasteiger partial charge in [-0.05, 0) is 24.1 Å². The zero-order valence-corrected chi connectivity index (χ0v) is 10.0. The maximum Gasteiger partial charge on any atom is 0.131 e. The summed E-state index contributed by atoms with van der Waals surface area (Å²) >= 11 is 6.23. The van der Waals surface area contributed by atoms with Crippen molar-refractivity contribution in [2.75, 3.05) is 0 Å². The van der Waals surface area contributed by atoms with E-state index in [0.29, 0.717) is 5.56 Å². The van der Waals surface area contributed by atoms with Gasteiger partial charge in [0.25, 0.3) is 0 Å². The van der Waals surface area contributed by atoms with E-state index in [1.165, 1.54) is 12.1 Å². The number of rotatable bonds is 2. The molecule has 0 spiro atoms. The zero-order chi connectivity index (χ0) is 12.4. The summed E-state index contributed by atoms with van der Waals surface area (Å²) < 4.78 is 26.4. The average Bonchev–Trinajstić information content (AvgIpc) is 2.29. The molecule has 0 bridgehead atoms. The van der Waals surface area contributed by atoms with E-state index in [1.807, 2.05) is 31.2 Å². The Morgan fingerprint density at radius 1 is 1.00 bits per heavy atom. The van der Waals surface area contributed by atoms with Crippen LogP contribution in [-0.2, 0) is 0 Å². The lowest BCUT2D eigenvalue weighted by Crippen LogP contribution is -1.99. The fraction of sp³-hybridized carbons (Fsp3) is 0.143. The predicted molar refractivity (Wildman–Crippen MR) is 65.2 cm³/mol. The number of halogens is 3. The first-order chi connectivity index (χ1) is 8.09. The summed E-state index contributed by atoms with van der Waals surface area (Å²) in [6, 6.07) is 10.9. The minimum Gasteiger partial charge on any atom is -0.207 e. The second-order valence-corrected chi connectivity index (χ2v) is 4.32. The van der Waals surface area contributed by atoms with Crippen LogP contribution in [0, 0.1) is 18.6 Å². The molecular formula is C14H11ClF2. The summed E-state index contributed by atoms with van der Waals surface area (Å²) in [6.07, 6.45) is 0. The lowest BCUT2D eigenvalue weighted by Gasteiger charge is -2.13. The Hall–Kier alpha value is -1.41. The maximum atomic E-state index is 13.6. The molecule has 0 N–H and O–H groups in total. The highest BCUT2D eigenvalue weighted by Gasteiger charge is 2.17. The van der Waals surface area contributed by atoms with Crippen molar-refractivity contribution in [3.8, 4) is 0 Å². The fourth-order valence-corrected chi connectivity index (χ4v) is 2.17. The molecule has 0 aliphatic heterocycles. The van der Waals surface area contributed by atoms with Crippen LogP contribution in [-0.4, -0.2) is 0 Å². The monoisotopic (exact) mass is 252 g/mol. The molecule has 1 unspecified atom stereocenters. The summed E-state index contributed by atoms with van der Waals surface area (Å²) in [5.74, 6) is -1.21. The van der Waals surface area contributed by atoms with Crippen LogP contribution in [0.25, 0.3) is 0 Å². The van der Waals surface area contributed by atoms with Crippen LogP contribution in [0.3, 0.4) is 0 Å². The quantitative estimate of drug-likeness (QED) is 0.685. The molecule has 0 saturated carbocycles. The molecule has 2 aromatic rings. The average molecular weight is 253 g/mol. The number of alkyl halides is 1. The van der Waals surface area contributed by atoms with Gasteiger partial charge in [-0.2, -0.15) is 0 Å². The van der Waals surface area contributed by atoms with Crippen molar-refractivity contribution in [2.24, 2.45) is 0 Å². The summed E-state index contributed by atoms with van der Waals surface area (Å²) in [5.41, 5.74) is 2.11. The summed E-state index contributed by atoms with van der Waals surface area (Å²) in [6.45, 7) is 1.91. The van der Waals surface area contributed by atoms with Gasteiger partial charge in [0.1, 0.15) is 11.6 Å². The third-order valence-electron chi connectivity index (χ3n) is 2.70. The summed E-state index contributed by atoms with van der Waals surface area (Å²) in [5, 5.41) is -0.600. The van der Waals surface area contributed by atoms with Gasteiger partial charge >= 0.3 is 0 Å². The van der Waals surface area contributed by atoms with Gasteiger partial charge in [0.15, 0.2) is 0 Å². The molecule has 0 fully saturated rings. The molecule has 17 heavy (non-hydrogen) atoms. The second kappa shape index (κ2) is 4.84. The van der Waals surface area contributed by atoms with Crippen molar-refractivity contribution >= 4 is 11.6 Å². The van der Waals surface area contributed by atoms with Crippen LogP contribution in [0.5, 0.6) is 0 Å². The van der Waals surface area contributed by atoms with Crippen molar-refractivity contribution in [3.63, 3.8) is 0 Å². The van der Waals surface area contributed by atoms with Crippen molar-refractivity contribution < 1.29 is 8.78 Å². The number of aryl methyl sites for hydroxylation is 1. The van der Waals surface area contributed by atoms with Gasteiger partial charge in [0, 0.05) is 11.6 Å². The largest absolute Gasteiger partial charge is 0.207 e. The van der Waals surface area contributed by atoms with E-state index < -0.39 is 17.0 Å². The summed E-state index contributed by atoms with van der Waals surface area (Å²) in [4.78, 5) is 0. The van der Waals surface area contributed by atoms with Crippen LogP contribution in [0.1, 0.15) is 22.1 Å². The first-order valence-corrected chi connectivity index (χ1v) is 5.68. The normalized spacial score (nSPS) is 12.5. The van der Waals surface area contributed by atoms with Crippen LogP contribution in [0.4, 0.5) is 8.78 Å². The van der Waals surface area contributed by atoms with Crippen molar-refractivity contribution in [3.05, 3.63) is 70.8 Å². The van der Waals surface area contributed by atoms with Crippen molar-refractivity contribution in [1.29, 1.82) is 0 Å². The smallest absolute Gasteiger partial charge is 0.131 e. The highest BCUT2D eigenvalue weighted by Crippen LogP contribution is 2.32. The standard InChI is InChI=1S/C14H11ClF2/c1-9-4-2-3-5-11(9)14(15)12-7-6-10(16)8-13(12)17/h2-8,14H,1H3. The molecule has 0 nitrogen and oxygen atoms in total. The molecule has 0 aromatic heterocycles. The van der Waals surface area contributed by atoms with E-state index in [1.54, 1.807) is 0 Å². The maximum absolute atomic E-state index is 13.6. The fourth-order valence-electron chi connectivity index (χ4n) is 1.75. The van der Waals surface area contributed by atoms with E-state index in [2.05, 4.69) is 0 Å². The van der Waals surface area contributed by atoms with E-state index in [4.69, 9.17) is 11.6 Å². The van der Waals surface area contributed by atoms with Gasteiger partial charge in [-0.3, -0.25) is 0 Å². The molecule has 0 radical (unpaired) electrons. The van der Waals surface area contributed by atoms with Crippen molar-refractivity contribution in [2.45, 2.75) is 12.3 Å². The Morgan fingerprint density at radius 2 is 1.71 bits per heavy atom. The molecule has 0 saturated heterocycles. The van der Waals surface area contributed by atoms with Gasteiger partial charge in [-0.15, -0.1) is 11.6 Å². The Kier molecular flexibility index (Phi) is 3.43. The molecular weight excluding hydrogens is 242 g/mol. The Morgan fingerprint density at radius 3 is 2.35 bits per heavy atom. The van der Waals surface area contributed by atoms with Gasteiger partial charge in [-0.25, -0.2) is 8.78 Å². The third-order valence-corrected chi connectivity index (χ3v) is 3.17. The van der Waals surface area contributed by atoms with E-state index in [-0.39, 0.29) is 0 Å². The SMILES string of the molecule is Cc1ccccc1C(Cl)c1ccc(F)cc1F. The van der Waals surface area contributed by atoms with Crippen molar-refractivity contribution in [1.82, 2.24) is 0 Å². The second-order valence-electron chi connectivity index (χ2n) is 3.88. The minimum absolute atomic E-state index is 0.294. The summed E-state index contributed by atoms with van der Waals surface area (Å²) in [7, 11) is 0. The number of hydrogen-bond donors (Lipinski definition) is 0. The predicted octanol–water partition coefficient (Wildman–Crippen LogP) is 4.60. The van der Waals surface area contributed by atoms with E-state index in [0.717, 1.165) is 17.2 Å². The molecule has 2 aromatic carbocycles. The molecule has 0 aliphatic carbocycles.